The molecule has 2 aromatic rings. The number of anilines is 2. The zero-order valence-corrected chi connectivity index (χ0v) is 18.9. The van der Waals surface area contributed by atoms with Gasteiger partial charge in [0.2, 0.25) is 10.0 Å². The van der Waals surface area contributed by atoms with Crippen molar-refractivity contribution in [1.29, 1.82) is 0 Å². The number of hydrogen-bond acceptors (Lipinski definition) is 4. The molecule has 1 N–H and O–H groups in total. The number of amides is 2. The highest BCUT2D eigenvalue weighted by Gasteiger charge is 2.29. The molecule has 0 radical (unpaired) electrons. The van der Waals surface area contributed by atoms with Crippen molar-refractivity contribution in [1.82, 2.24) is 9.21 Å². The van der Waals surface area contributed by atoms with E-state index in [0.717, 1.165) is 24.9 Å². The molecule has 0 unspecified atom stereocenters. The third-order valence-corrected chi connectivity index (χ3v) is 7.99. The predicted molar refractivity (Wildman–Crippen MR) is 123 cm³/mol. The van der Waals surface area contributed by atoms with E-state index in [0.29, 0.717) is 50.0 Å². The van der Waals surface area contributed by atoms with E-state index >= 15 is 0 Å². The Labute approximate surface area is 188 Å². The second-order valence-electron chi connectivity index (χ2n) is 7.85. The molecule has 0 aliphatic carbocycles. The van der Waals surface area contributed by atoms with Crippen LogP contribution in [0.2, 0.25) is 5.02 Å². The minimum atomic E-state index is -3.64. The summed E-state index contributed by atoms with van der Waals surface area (Å²) in [6.07, 6.45) is 2.78. The molecular weight excluding hydrogens is 436 g/mol. The Hall–Kier alpha value is -2.29. The second-order valence-corrected chi connectivity index (χ2v) is 10.2. The maximum absolute atomic E-state index is 13.1. The second kappa shape index (κ2) is 9.46. The summed E-state index contributed by atoms with van der Waals surface area (Å²) in [5.41, 5.74) is 1.36. The summed E-state index contributed by atoms with van der Waals surface area (Å²) in [5, 5.41) is 3.52. The summed E-state index contributed by atoms with van der Waals surface area (Å²) in [7, 11) is -3.64. The zero-order valence-electron chi connectivity index (χ0n) is 17.3. The van der Waals surface area contributed by atoms with Gasteiger partial charge >= 0.3 is 6.03 Å². The molecule has 2 aliphatic heterocycles. The first-order chi connectivity index (χ1) is 14.9. The Bertz CT molecular complexity index is 1030. The number of rotatable bonds is 4. The van der Waals surface area contributed by atoms with Crippen LogP contribution in [0, 0.1) is 0 Å². The quantitative estimate of drug-likeness (QED) is 0.748. The normalized spacial score (nSPS) is 18.1. The van der Waals surface area contributed by atoms with Gasteiger partial charge in [-0.05, 0) is 43.2 Å². The molecule has 2 amide bonds. The highest BCUT2D eigenvalue weighted by molar-refractivity contribution is 7.89. The molecule has 2 fully saturated rings. The van der Waals surface area contributed by atoms with Gasteiger partial charge in [-0.1, -0.05) is 36.2 Å². The number of benzene rings is 2. The third-order valence-electron chi connectivity index (χ3n) is 5.80. The first-order valence-electron chi connectivity index (χ1n) is 10.6. The van der Waals surface area contributed by atoms with Crippen LogP contribution in [0.3, 0.4) is 0 Å². The van der Waals surface area contributed by atoms with Gasteiger partial charge in [-0.2, -0.15) is 4.31 Å². The van der Waals surface area contributed by atoms with E-state index in [1.54, 1.807) is 29.2 Å². The number of nitrogens with zero attached hydrogens (tertiary/aromatic N) is 3. The van der Waals surface area contributed by atoms with Crippen molar-refractivity contribution in [3.05, 3.63) is 53.6 Å². The number of hydrogen-bond donors (Lipinski definition) is 1. The van der Waals surface area contributed by atoms with Gasteiger partial charge in [-0.25, -0.2) is 13.2 Å². The van der Waals surface area contributed by atoms with Gasteiger partial charge in [0.05, 0.1) is 5.69 Å². The van der Waals surface area contributed by atoms with Crippen molar-refractivity contribution in [3.63, 3.8) is 0 Å². The molecule has 2 saturated heterocycles. The lowest BCUT2D eigenvalue weighted by Crippen LogP contribution is -2.50. The molecule has 9 heteroatoms. The first kappa shape index (κ1) is 21.9. The molecule has 4 rings (SSSR count). The van der Waals surface area contributed by atoms with Gasteiger partial charge in [-0.15, -0.1) is 0 Å². The van der Waals surface area contributed by atoms with Crippen molar-refractivity contribution in [3.8, 4) is 0 Å². The van der Waals surface area contributed by atoms with Gasteiger partial charge in [0, 0.05) is 50.0 Å². The van der Waals surface area contributed by atoms with E-state index in [-0.39, 0.29) is 10.9 Å². The average Bonchev–Trinajstić information content (AvgIpc) is 2.80. The molecule has 0 bridgehead atoms. The summed E-state index contributed by atoms with van der Waals surface area (Å²) in [6.45, 7) is 3.49. The molecular formula is C22H27ClN4O3S. The third kappa shape index (κ3) is 4.97. The number of carbonyl (C=O) groups excluding carboxylic acids is 1. The number of carbonyl (C=O) groups is 1. The number of sulfonamides is 1. The van der Waals surface area contributed by atoms with Crippen molar-refractivity contribution >= 4 is 39.0 Å². The fraction of sp³-hybridized carbons (Fsp3) is 0.409. The van der Waals surface area contributed by atoms with E-state index in [1.165, 1.54) is 4.31 Å². The first-order valence-corrected chi connectivity index (χ1v) is 12.4. The molecule has 166 valence electrons. The fourth-order valence-electron chi connectivity index (χ4n) is 4.07. The van der Waals surface area contributed by atoms with Crippen LogP contribution >= 0.6 is 11.6 Å². The van der Waals surface area contributed by atoms with Crippen LogP contribution < -0.4 is 10.2 Å². The van der Waals surface area contributed by atoms with Crippen molar-refractivity contribution in [2.24, 2.45) is 0 Å². The summed E-state index contributed by atoms with van der Waals surface area (Å²) in [6, 6.07) is 14.0. The SMILES string of the molecule is O=C(Nc1ccccc1S(=O)(=O)N1CCCCC1)N1CCN(c2cccc(Cl)c2)CC1. The lowest BCUT2D eigenvalue weighted by atomic mass is 10.2. The highest BCUT2D eigenvalue weighted by Crippen LogP contribution is 2.27. The van der Waals surface area contributed by atoms with Crippen LogP contribution in [0.15, 0.2) is 53.4 Å². The minimum Gasteiger partial charge on any atom is -0.368 e. The lowest BCUT2D eigenvalue weighted by Gasteiger charge is -2.36. The standard InChI is InChI=1S/C22H27ClN4O3S/c23-18-7-6-8-19(17-18)25-13-15-26(16-14-25)22(28)24-20-9-2-3-10-21(20)31(29,30)27-11-4-1-5-12-27/h2-3,6-10,17H,1,4-5,11-16H2,(H,24,28). The molecule has 31 heavy (non-hydrogen) atoms. The van der Waals surface area contributed by atoms with Crippen LogP contribution in [0.1, 0.15) is 19.3 Å². The number of nitrogens with one attached hydrogen (secondary N) is 1. The Morgan fingerprint density at radius 2 is 1.58 bits per heavy atom. The van der Waals surface area contributed by atoms with Crippen molar-refractivity contribution < 1.29 is 13.2 Å². The Morgan fingerprint density at radius 3 is 2.29 bits per heavy atom. The van der Waals surface area contributed by atoms with Gasteiger partial charge in [0.1, 0.15) is 4.90 Å². The largest absolute Gasteiger partial charge is 0.368 e. The average molecular weight is 463 g/mol. The van der Waals surface area contributed by atoms with Crippen LogP contribution in [0.5, 0.6) is 0 Å². The number of urea groups is 1. The minimum absolute atomic E-state index is 0.155. The number of piperazine rings is 1. The van der Waals surface area contributed by atoms with E-state index in [9.17, 15) is 13.2 Å². The topological polar surface area (TPSA) is 73.0 Å². The molecule has 2 aromatic carbocycles. The fourth-order valence-corrected chi connectivity index (χ4v) is 5.92. The van der Waals surface area contributed by atoms with Gasteiger partial charge in [-0.3, -0.25) is 0 Å². The van der Waals surface area contributed by atoms with Gasteiger partial charge < -0.3 is 15.1 Å². The van der Waals surface area contributed by atoms with Crippen LogP contribution in [0.4, 0.5) is 16.2 Å². The molecule has 7 nitrogen and oxygen atoms in total. The Balaban J connectivity index is 1.43. The van der Waals surface area contributed by atoms with E-state index in [2.05, 4.69) is 10.2 Å². The maximum Gasteiger partial charge on any atom is 0.322 e. The van der Waals surface area contributed by atoms with E-state index in [4.69, 9.17) is 11.6 Å². The van der Waals surface area contributed by atoms with Gasteiger partial charge in [0.15, 0.2) is 0 Å². The Morgan fingerprint density at radius 1 is 0.871 bits per heavy atom. The summed E-state index contributed by atoms with van der Waals surface area (Å²) in [4.78, 5) is 16.9. The summed E-state index contributed by atoms with van der Waals surface area (Å²) in [5.74, 6) is 0. The Kier molecular flexibility index (Phi) is 6.69. The maximum atomic E-state index is 13.1. The molecule has 0 saturated carbocycles. The molecule has 2 aliphatic rings. The van der Waals surface area contributed by atoms with E-state index in [1.807, 2.05) is 24.3 Å². The van der Waals surface area contributed by atoms with Crippen LogP contribution in [0.25, 0.3) is 0 Å². The van der Waals surface area contributed by atoms with Crippen LogP contribution in [-0.2, 0) is 10.0 Å². The van der Waals surface area contributed by atoms with Crippen LogP contribution in [-0.4, -0.2) is 62.9 Å². The van der Waals surface area contributed by atoms with Gasteiger partial charge in [0.25, 0.3) is 0 Å². The number of para-hydroxylation sites is 1. The molecule has 0 aromatic heterocycles. The summed E-state index contributed by atoms with van der Waals surface area (Å²) < 4.78 is 27.8. The number of piperidine rings is 1. The molecule has 0 spiro atoms. The smallest absolute Gasteiger partial charge is 0.322 e. The van der Waals surface area contributed by atoms with Crippen molar-refractivity contribution in [2.75, 3.05) is 49.5 Å². The highest BCUT2D eigenvalue weighted by atomic mass is 35.5. The number of halogens is 1. The predicted octanol–water partition coefficient (Wildman–Crippen LogP) is 3.87. The van der Waals surface area contributed by atoms with Crippen molar-refractivity contribution in [2.45, 2.75) is 24.2 Å². The lowest BCUT2D eigenvalue weighted by molar-refractivity contribution is 0.208. The molecule has 0 atom stereocenters. The zero-order chi connectivity index (χ0) is 21.8. The molecule has 2 heterocycles. The summed E-state index contributed by atoms with van der Waals surface area (Å²) >= 11 is 6.09. The monoisotopic (exact) mass is 462 g/mol. The van der Waals surface area contributed by atoms with E-state index < -0.39 is 10.0 Å².